The fourth-order valence-corrected chi connectivity index (χ4v) is 2.87. The van der Waals surface area contributed by atoms with Crippen LogP contribution in [0, 0.1) is 0 Å². The maximum Gasteiger partial charge on any atom is 0.335 e. The summed E-state index contributed by atoms with van der Waals surface area (Å²) in [6, 6.07) is 7.78. The molecule has 0 spiro atoms. The van der Waals surface area contributed by atoms with E-state index in [1.165, 1.54) is 24.3 Å². The average Bonchev–Trinajstić information content (AvgIpc) is 2.82. The molecule has 0 aliphatic heterocycles. The van der Waals surface area contributed by atoms with Crippen LogP contribution in [0.25, 0.3) is 0 Å². The van der Waals surface area contributed by atoms with Crippen LogP contribution in [0.3, 0.4) is 0 Å². The second-order valence-corrected chi connectivity index (χ2v) is 5.71. The van der Waals surface area contributed by atoms with Gasteiger partial charge >= 0.3 is 5.97 Å². The lowest BCUT2D eigenvalue weighted by molar-refractivity contribution is 0.0696. The Bertz CT molecular complexity index is 607. The Morgan fingerprint density at radius 2 is 1.84 bits per heavy atom. The number of carbonyl (C=O) groups is 2. The quantitative estimate of drug-likeness (QED) is 0.899. The number of aromatic carboxylic acids is 1. The highest BCUT2D eigenvalue weighted by Gasteiger charge is 2.08. The zero-order valence-electron chi connectivity index (χ0n) is 9.72. The highest BCUT2D eigenvalue weighted by atomic mass is 79.9. The summed E-state index contributed by atoms with van der Waals surface area (Å²) in [6.45, 7) is 0.454. The average molecular weight is 340 g/mol. The van der Waals surface area contributed by atoms with Crippen LogP contribution in [-0.4, -0.2) is 17.0 Å². The van der Waals surface area contributed by atoms with Crippen LogP contribution in [0.1, 0.15) is 25.6 Å². The van der Waals surface area contributed by atoms with Gasteiger partial charge in [-0.2, -0.15) is 0 Å². The van der Waals surface area contributed by atoms with Crippen LogP contribution in [0.4, 0.5) is 0 Å². The van der Waals surface area contributed by atoms with E-state index in [0.717, 1.165) is 9.35 Å². The molecular formula is C13H10BrNO3S. The molecule has 0 bridgehead atoms. The van der Waals surface area contributed by atoms with Crippen molar-refractivity contribution in [3.05, 3.63) is 56.2 Å². The van der Waals surface area contributed by atoms with E-state index in [-0.39, 0.29) is 11.5 Å². The Morgan fingerprint density at radius 1 is 1.21 bits per heavy atom. The van der Waals surface area contributed by atoms with Crippen molar-refractivity contribution in [2.45, 2.75) is 6.54 Å². The molecule has 2 N–H and O–H groups in total. The van der Waals surface area contributed by atoms with Crippen LogP contribution in [-0.2, 0) is 6.54 Å². The first-order valence-electron chi connectivity index (χ1n) is 5.41. The SMILES string of the molecule is O=C(O)c1ccc(C(=O)NCc2cc(Br)cs2)cc1. The van der Waals surface area contributed by atoms with Crippen molar-refractivity contribution < 1.29 is 14.7 Å². The number of hydrogen-bond donors (Lipinski definition) is 2. The molecule has 0 aliphatic carbocycles. The second-order valence-electron chi connectivity index (χ2n) is 3.80. The molecule has 0 saturated carbocycles. The van der Waals surface area contributed by atoms with Gasteiger partial charge in [-0.3, -0.25) is 4.79 Å². The first-order chi connectivity index (χ1) is 9.06. The Morgan fingerprint density at radius 3 is 2.37 bits per heavy atom. The third kappa shape index (κ3) is 3.65. The number of nitrogens with one attached hydrogen (secondary N) is 1. The molecule has 1 amide bonds. The number of carbonyl (C=O) groups excluding carboxylic acids is 1. The number of thiophene rings is 1. The van der Waals surface area contributed by atoms with E-state index in [0.29, 0.717) is 12.1 Å². The molecule has 19 heavy (non-hydrogen) atoms. The monoisotopic (exact) mass is 339 g/mol. The predicted octanol–water partition coefficient (Wildman–Crippen LogP) is 3.14. The minimum atomic E-state index is -1.00. The molecular weight excluding hydrogens is 330 g/mol. The molecule has 0 saturated heterocycles. The first kappa shape index (κ1) is 13.8. The van der Waals surface area contributed by atoms with Gasteiger partial charge in [0.2, 0.25) is 0 Å². The van der Waals surface area contributed by atoms with Gasteiger partial charge in [0.25, 0.3) is 5.91 Å². The van der Waals surface area contributed by atoms with E-state index in [9.17, 15) is 9.59 Å². The lowest BCUT2D eigenvalue weighted by Crippen LogP contribution is -2.22. The molecule has 0 unspecified atom stereocenters. The molecule has 1 aromatic heterocycles. The number of halogens is 1. The largest absolute Gasteiger partial charge is 0.478 e. The molecule has 6 heteroatoms. The summed E-state index contributed by atoms with van der Waals surface area (Å²) < 4.78 is 0.993. The maximum absolute atomic E-state index is 11.8. The van der Waals surface area contributed by atoms with Crippen LogP contribution in [0.5, 0.6) is 0 Å². The van der Waals surface area contributed by atoms with Crippen LogP contribution < -0.4 is 5.32 Å². The third-order valence-corrected chi connectivity index (χ3v) is 4.14. The van der Waals surface area contributed by atoms with E-state index in [4.69, 9.17) is 5.11 Å². The number of carboxylic acid groups (broad SMARTS) is 1. The number of carboxylic acids is 1. The van der Waals surface area contributed by atoms with Gasteiger partial charge in [-0.15, -0.1) is 11.3 Å². The van der Waals surface area contributed by atoms with Crippen molar-refractivity contribution in [3.8, 4) is 0 Å². The lowest BCUT2D eigenvalue weighted by atomic mass is 10.1. The third-order valence-electron chi connectivity index (χ3n) is 2.44. The molecule has 2 aromatic rings. The normalized spacial score (nSPS) is 10.2. The van der Waals surface area contributed by atoms with E-state index < -0.39 is 5.97 Å². The predicted molar refractivity (Wildman–Crippen MR) is 76.6 cm³/mol. The molecule has 4 nitrogen and oxygen atoms in total. The van der Waals surface area contributed by atoms with Gasteiger partial charge in [0.1, 0.15) is 0 Å². The summed E-state index contributed by atoms with van der Waals surface area (Å²) in [7, 11) is 0. The number of amides is 1. The molecule has 0 atom stereocenters. The topological polar surface area (TPSA) is 66.4 Å². The molecule has 0 aliphatic rings. The molecule has 0 radical (unpaired) electrons. The Kier molecular flexibility index (Phi) is 4.34. The van der Waals surface area contributed by atoms with Crippen molar-refractivity contribution in [3.63, 3.8) is 0 Å². The Hall–Kier alpha value is -1.66. The minimum absolute atomic E-state index is 0.165. The Balaban J connectivity index is 1.98. The summed E-state index contributed by atoms with van der Waals surface area (Å²) in [5, 5.41) is 13.5. The van der Waals surface area contributed by atoms with Gasteiger partial charge in [-0.1, -0.05) is 0 Å². The molecule has 1 heterocycles. The second kappa shape index (κ2) is 5.99. The van der Waals surface area contributed by atoms with E-state index in [1.807, 2.05) is 11.4 Å². The number of benzene rings is 1. The van der Waals surface area contributed by atoms with Crippen molar-refractivity contribution in [1.82, 2.24) is 5.32 Å². The summed E-state index contributed by atoms with van der Waals surface area (Å²) in [5.41, 5.74) is 0.611. The van der Waals surface area contributed by atoms with E-state index in [2.05, 4.69) is 21.2 Å². The smallest absolute Gasteiger partial charge is 0.335 e. The van der Waals surface area contributed by atoms with E-state index in [1.54, 1.807) is 11.3 Å². The zero-order valence-corrected chi connectivity index (χ0v) is 12.1. The summed E-state index contributed by atoms with van der Waals surface area (Å²) >= 11 is 4.90. The van der Waals surface area contributed by atoms with Crippen LogP contribution >= 0.6 is 27.3 Å². The van der Waals surface area contributed by atoms with Crippen LogP contribution in [0.15, 0.2) is 40.2 Å². The number of hydrogen-bond acceptors (Lipinski definition) is 3. The molecule has 2 rings (SSSR count). The molecule has 0 fully saturated rings. The summed E-state index contributed by atoms with van der Waals surface area (Å²) in [6.07, 6.45) is 0. The fourth-order valence-electron chi connectivity index (χ4n) is 1.48. The van der Waals surface area contributed by atoms with Gasteiger partial charge in [-0.25, -0.2) is 4.79 Å². The lowest BCUT2D eigenvalue weighted by Gasteiger charge is -2.04. The summed E-state index contributed by atoms with van der Waals surface area (Å²) in [4.78, 5) is 23.6. The zero-order chi connectivity index (χ0) is 13.8. The first-order valence-corrected chi connectivity index (χ1v) is 7.08. The molecule has 1 aromatic carbocycles. The number of rotatable bonds is 4. The van der Waals surface area contributed by atoms with Crippen LogP contribution in [0.2, 0.25) is 0 Å². The molecule has 98 valence electrons. The highest BCUT2D eigenvalue weighted by Crippen LogP contribution is 2.19. The van der Waals surface area contributed by atoms with Gasteiger partial charge < -0.3 is 10.4 Å². The van der Waals surface area contributed by atoms with Crippen molar-refractivity contribution in [2.75, 3.05) is 0 Å². The Labute approximate surface area is 122 Å². The van der Waals surface area contributed by atoms with Gasteiger partial charge in [0, 0.05) is 20.3 Å². The van der Waals surface area contributed by atoms with E-state index >= 15 is 0 Å². The highest BCUT2D eigenvalue weighted by molar-refractivity contribution is 9.10. The minimum Gasteiger partial charge on any atom is -0.478 e. The summed E-state index contributed by atoms with van der Waals surface area (Å²) in [5.74, 6) is -1.23. The van der Waals surface area contributed by atoms with Crippen molar-refractivity contribution in [2.24, 2.45) is 0 Å². The van der Waals surface area contributed by atoms with Gasteiger partial charge in [0.15, 0.2) is 0 Å². The van der Waals surface area contributed by atoms with Crippen molar-refractivity contribution in [1.29, 1.82) is 0 Å². The fraction of sp³-hybridized carbons (Fsp3) is 0.0769. The van der Waals surface area contributed by atoms with Gasteiger partial charge in [-0.05, 0) is 46.3 Å². The maximum atomic E-state index is 11.8. The van der Waals surface area contributed by atoms with Gasteiger partial charge in [0.05, 0.1) is 12.1 Å². The standard InChI is InChI=1S/C13H10BrNO3S/c14-10-5-11(19-7-10)6-15-12(16)8-1-3-9(4-2-8)13(17)18/h1-5,7H,6H2,(H,15,16)(H,17,18). The van der Waals surface area contributed by atoms with Crippen molar-refractivity contribution >= 4 is 39.1 Å².